The van der Waals surface area contributed by atoms with Gasteiger partial charge in [-0.15, -0.1) is 0 Å². The zero-order chi connectivity index (χ0) is 22.8. The van der Waals surface area contributed by atoms with Gasteiger partial charge in [0.25, 0.3) is 10.2 Å². The van der Waals surface area contributed by atoms with Crippen LogP contribution in [0.4, 0.5) is 0 Å². The highest BCUT2D eigenvalue weighted by Gasteiger charge is 2.44. The van der Waals surface area contributed by atoms with Crippen LogP contribution in [-0.4, -0.2) is 98.2 Å². The molecule has 0 aromatic carbocycles. The van der Waals surface area contributed by atoms with Crippen LogP contribution in [0.1, 0.15) is 58.8 Å². The Morgan fingerprint density at radius 3 is 2.09 bits per heavy atom. The van der Waals surface area contributed by atoms with Crippen LogP contribution in [0.25, 0.3) is 0 Å². The summed E-state index contributed by atoms with van der Waals surface area (Å²) >= 11 is 0. The first-order valence-corrected chi connectivity index (χ1v) is 13.8. The van der Waals surface area contributed by atoms with E-state index in [0.717, 1.165) is 6.54 Å². The fourth-order valence-electron chi connectivity index (χ4n) is 5.72. The second-order valence-corrected chi connectivity index (χ2v) is 11.8. The maximum atomic E-state index is 13.1. The molecule has 1 amide bonds. The van der Waals surface area contributed by atoms with Gasteiger partial charge in [-0.2, -0.15) is 17.0 Å². The van der Waals surface area contributed by atoms with Gasteiger partial charge in [0.15, 0.2) is 5.79 Å². The van der Waals surface area contributed by atoms with Crippen molar-refractivity contribution in [2.45, 2.75) is 76.7 Å². The van der Waals surface area contributed by atoms with Crippen LogP contribution in [0, 0.1) is 5.92 Å². The summed E-state index contributed by atoms with van der Waals surface area (Å²) in [6, 6.07) is 1.14. The van der Waals surface area contributed by atoms with Crippen molar-refractivity contribution in [1.82, 2.24) is 18.8 Å². The zero-order valence-electron chi connectivity index (χ0n) is 19.6. The monoisotopic (exact) mass is 472 g/mol. The van der Waals surface area contributed by atoms with E-state index < -0.39 is 16.0 Å². The number of likely N-dealkylation sites (tertiary alicyclic amines) is 1. The van der Waals surface area contributed by atoms with Crippen molar-refractivity contribution < 1.29 is 22.7 Å². The molecule has 32 heavy (non-hydrogen) atoms. The number of nitrogens with zero attached hydrogens (tertiary/aromatic N) is 3. The Morgan fingerprint density at radius 2 is 1.50 bits per heavy atom. The standard InChI is InChI=1S/C22H40N4O5S/c1-18-4-3-5-19(2)26(18)15-10-23-21(27)20-6-11-24(12-7-20)32(28,29)25-13-8-22(9-14-25)30-16-17-31-22/h18-20H,3-17H2,1-2H3,(H,23,27)/t18-,19-/m1/s1. The highest BCUT2D eigenvalue weighted by molar-refractivity contribution is 7.86. The number of carbonyl (C=O) groups is 1. The number of piperidine rings is 3. The second-order valence-electron chi connectivity index (χ2n) is 9.85. The molecule has 0 radical (unpaired) electrons. The molecular weight excluding hydrogens is 432 g/mol. The third-order valence-corrected chi connectivity index (χ3v) is 9.86. The molecule has 4 rings (SSSR count). The largest absolute Gasteiger partial charge is 0.355 e. The van der Waals surface area contributed by atoms with Crippen molar-refractivity contribution in [2.75, 3.05) is 52.5 Å². The lowest BCUT2D eigenvalue weighted by atomic mass is 9.97. The first-order chi connectivity index (χ1) is 15.3. The highest BCUT2D eigenvalue weighted by atomic mass is 32.2. The quantitative estimate of drug-likeness (QED) is 0.624. The summed E-state index contributed by atoms with van der Waals surface area (Å²) in [5, 5.41) is 3.10. The third kappa shape index (κ3) is 5.31. The lowest BCUT2D eigenvalue weighted by molar-refractivity contribution is -0.179. The van der Waals surface area contributed by atoms with Crippen molar-refractivity contribution in [3.05, 3.63) is 0 Å². The molecule has 4 saturated heterocycles. The molecule has 184 valence electrons. The number of carbonyl (C=O) groups excluding carboxylic acids is 1. The Balaban J connectivity index is 1.20. The van der Waals surface area contributed by atoms with Gasteiger partial charge >= 0.3 is 0 Å². The molecule has 0 bridgehead atoms. The van der Waals surface area contributed by atoms with Crippen molar-refractivity contribution >= 4 is 16.1 Å². The Kier molecular flexibility index (Phi) is 7.78. The van der Waals surface area contributed by atoms with E-state index in [1.807, 2.05) is 0 Å². The summed E-state index contributed by atoms with van der Waals surface area (Å²) in [6.07, 6.45) is 6.02. The van der Waals surface area contributed by atoms with Gasteiger partial charge < -0.3 is 14.8 Å². The van der Waals surface area contributed by atoms with E-state index in [1.54, 1.807) is 8.61 Å². The maximum absolute atomic E-state index is 13.1. The molecule has 1 N–H and O–H groups in total. The van der Waals surface area contributed by atoms with Crippen LogP contribution in [0.3, 0.4) is 0 Å². The van der Waals surface area contributed by atoms with Crippen molar-refractivity contribution in [3.8, 4) is 0 Å². The molecular formula is C22H40N4O5S. The van der Waals surface area contributed by atoms with E-state index in [0.29, 0.717) is 83.7 Å². The molecule has 9 nitrogen and oxygen atoms in total. The molecule has 4 aliphatic rings. The summed E-state index contributed by atoms with van der Waals surface area (Å²) in [5.74, 6) is -0.627. The summed E-state index contributed by atoms with van der Waals surface area (Å²) in [4.78, 5) is 15.2. The van der Waals surface area contributed by atoms with Gasteiger partial charge in [0.05, 0.1) is 13.2 Å². The van der Waals surface area contributed by atoms with Gasteiger partial charge in [-0.1, -0.05) is 6.42 Å². The van der Waals surface area contributed by atoms with Gasteiger partial charge in [-0.3, -0.25) is 9.69 Å². The van der Waals surface area contributed by atoms with E-state index in [9.17, 15) is 13.2 Å². The number of amides is 1. The van der Waals surface area contributed by atoms with Crippen LogP contribution in [-0.2, 0) is 24.5 Å². The topological polar surface area (TPSA) is 91.4 Å². The summed E-state index contributed by atoms with van der Waals surface area (Å²) in [5.41, 5.74) is 0. The first kappa shape index (κ1) is 24.3. The number of hydrogen-bond acceptors (Lipinski definition) is 6. The van der Waals surface area contributed by atoms with Crippen molar-refractivity contribution in [1.29, 1.82) is 0 Å². The van der Waals surface area contributed by atoms with E-state index in [4.69, 9.17) is 9.47 Å². The molecule has 0 aliphatic carbocycles. The predicted octanol–water partition coefficient (Wildman–Crippen LogP) is 1.16. The highest BCUT2D eigenvalue weighted by Crippen LogP contribution is 2.33. The summed E-state index contributed by atoms with van der Waals surface area (Å²) < 4.78 is 40.7. The van der Waals surface area contributed by atoms with E-state index in [1.165, 1.54) is 19.3 Å². The fraction of sp³-hybridized carbons (Fsp3) is 0.955. The van der Waals surface area contributed by atoms with E-state index in [-0.39, 0.29) is 11.8 Å². The molecule has 10 heteroatoms. The second kappa shape index (κ2) is 10.2. The molecule has 0 aromatic heterocycles. The van der Waals surface area contributed by atoms with E-state index in [2.05, 4.69) is 24.1 Å². The minimum absolute atomic E-state index is 0.0646. The lowest BCUT2D eigenvalue weighted by Gasteiger charge is -2.40. The zero-order valence-corrected chi connectivity index (χ0v) is 20.4. The average Bonchev–Trinajstić information content (AvgIpc) is 3.24. The van der Waals surface area contributed by atoms with E-state index >= 15 is 0 Å². The molecule has 0 saturated carbocycles. The molecule has 0 aromatic rings. The summed E-state index contributed by atoms with van der Waals surface area (Å²) in [6.45, 7) is 8.86. The third-order valence-electron chi connectivity index (χ3n) is 7.82. The van der Waals surface area contributed by atoms with Crippen LogP contribution >= 0.6 is 0 Å². The number of nitrogens with one attached hydrogen (secondary N) is 1. The van der Waals surface area contributed by atoms with Gasteiger partial charge in [-0.25, -0.2) is 0 Å². The molecule has 1 spiro atoms. The van der Waals surface area contributed by atoms with Crippen molar-refractivity contribution in [3.63, 3.8) is 0 Å². The predicted molar refractivity (Wildman–Crippen MR) is 121 cm³/mol. The Hall–Kier alpha value is -0.780. The number of ether oxygens (including phenoxy) is 2. The smallest absolute Gasteiger partial charge is 0.281 e. The lowest BCUT2D eigenvalue weighted by Crippen LogP contribution is -2.53. The first-order valence-electron chi connectivity index (χ1n) is 12.4. The van der Waals surface area contributed by atoms with Crippen molar-refractivity contribution in [2.24, 2.45) is 5.92 Å². The van der Waals surface area contributed by atoms with Crippen LogP contribution in [0.2, 0.25) is 0 Å². The maximum Gasteiger partial charge on any atom is 0.281 e. The average molecular weight is 473 g/mol. The van der Waals surface area contributed by atoms with Gasteiger partial charge in [0.1, 0.15) is 0 Å². The normalized spacial score (nSPS) is 31.2. The number of rotatable bonds is 6. The summed E-state index contributed by atoms with van der Waals surface area (Å²) in [7, 11) is -3.51. The molecule has 2 atom stereocenters. The van der Waals surface area contributed by atoms with Gasteiger partial charge in [-0.05, 0) is 39.5 Å². The van der Waals surface area contributed by atoms with Crippen LogP contribution in [0.15, 0.2) is 0 Å². The van der Waals surface area contributed by atoms with Crippen LogP contribution < -0.4 is 5.32 Å². The molecule has 4 fully saturated rings. The van der Waals surface area contributed by atoms with Gasteiger partial charge in [0.2, 0.25) is 5.91 Å². The Labute approximate surface area is 192 Å². The minimum atomic E-state index is -3.51. The number of hydrogen-bond donors (Lipinski definition) is 1. The molecule has 4 aliphatic heterocycles. The van der Waals surface area contributed by atoms with Gasteiger partial charge in [0, 0.05) is 70.1 Å². The van der Waals surface area contributed by atoms with Crippen LogP contribution in [0.5, 0.6) is 0 Å². The molecule has 0 unspecified atom stereocenters. The SMILES string of the molecule is C[C@@H]1CCC[C@@H](C)N1CCNC(=O)C1CCN(S(=O)(=O)N2CCC3(CC2)OCCO3)CC1. The minimum Gasteiger partial charge on any atom is -0.355 e. The Morgan fingerprint density at radius 1 is 0.938 bits per heavy atom. The fourth-order valence-corrected chi connectivity index (χ4v) is 7.37. The Bertz CT molecular complexity index is 729. The molecule has 4 heterocycles.